The number of hydrogen-bond acceptors (Lipinski definition) is 7. The Morgan fingerprint density at radius 3 is 2.51 bits per heavy atom. The SMILES string of the molecule is CCCSc1nc2n(n1)C(c1ccc(OCc3ccccc3Cl)cc1)C(C(=O)OCc1ccccc1)=C(C)N2. The van der Waals surface area contributed by atoms with Crippen LogP contribution in [-0.2, 0) is 22.7 Å². The van der Waals surface area contributed by atoms with Gasteiger partial charge >= 0.3 is 5.97 Å². The van der Waals surface area contributed by atoms with Crippen molar-refractivity contribution in [2.45, 2.75) is 44.7 Å². The quantitative estimate of drug-likeness (QED) is 0.164. The Kier molecular flexibility index (Phi) is 8.54. The lowest BCUT2D eigenvalue weighted by Gasteiger charge is -2.28. The molecule has 0 saturated carbocycles. The smallest absolute Gasteiger partial charge is 0.338 e. The van der Waals surface area contributed by atoms with E-state index in [2.05, 4.69) is 17.2 Å². The maximum atomic E-state index is 13.5. The zero-order chi connectivity index (χ0) is 27.2. The van der Waals surface area contributed by atoms with Gasteiger partial charge in [0.15, 0.2) is 0 Å². The van der Waals surface area contributed by atoms with Crippen LogP contribution in [0.25, 0.3) is 0 Å². The highest BCUT2D eigenvalue weighted by molar-refractivity contribution is 7.99. The number of anilines is 1. The second kappa shape index (κ2) is 12.4. The van der Waals surface area contributed by atoms with E-state index in [-0.39, 0.29) is 6.61 Å². The molecular weight excluding hydrogens is 532 g/mol. The molecule has 0 aliphatic carbocycles. The van der Waals surface area contributed by atoms with Gasteiger partial charge < -0.3 is 14.8 Å². The third-order valence-corrected chi connectivity index (χ3v) is 7.66. The summed E-state index contributed by atoms with van der Waals surface area (Å²) in [6.07, 6.45) is 1.01. The molecule has 200 valence electrons. The first-order chi connectivity index (χ1) is 19.0. The fourth-order valence-corrected chi connectivity index (χ4v) is 5.16. The predicted octanol–water partition coefficient (Wildman–Crippen LogP) is 7.04. The van der Waals surface area contributed by atoms with E-state index < -0.39 is 12.0 Å². The third-order valence-electron chi connectivity index (χ3n) is 6.25. The molecule has 0 fully saturated rings. The Morgan fingerprint density at radius 2 is 1.77 bits per heavy atom. The van der Waals surface area contributed by atoms with Crippen LogP contribution in [0.1, 0.15) is 43.0 Å². The van der Waals surface area contributed by atoms with Crippen molar-refractivity contribution in [1.29, 1.82) is 0 Å². The number of fused-ring (bicyclic) bond motifs is 1. The van der Waals surface area contributed by atoms with Crippen molar-refractivity contribution >= 4 is 35.3 Å². The normalized spacial score (nSPS) is 14.5. The van der Waals surface area contributed by atoms with Gasteiger partial charge in [-0.05, 0) is 42.7 Å². The summed E-state index contributed by atoms with van der Waals surface area (Å²) in [6.45, 7) is 4.52. The maximum absolute atomic E-state index is 13.5. The van der Waals surface area contributed by atoms with Gasteiger partial charge in [0.25, 0.3) is 0 Å². The number of nitrogens with one attached hydrogen (secondary N) is 1. The number of benzene rings is 3. The molecule has 0 bridgehead atoms. The highest BCUT2D eigenvalue weighted by atomic mass is 35.5. The zero-order valence-corrected chi connectivity index (χ0v) is 23.3. The van der Waals surface area contributed by atoms with Crippen LogP contribution < -0.4 is 10.1 Å². The van der Waals surface area contributed by atoms with Crippen LogP contribution >= 0.6 is 23.4 Å². The van der Waals surface area contributed by atoms with Crippen LogP contribution in [-0.4, -0.2) is 26.5 Å². The van der Waals surface area contributed by atoms with E-state index in [1.54, 1.807) is 16.4 Å². The Bertz CT molecular complexity index is 1470. The maximum Gasteiger partial charge on any atom is 0.338 e. The Morgan fingerprint density at radius 1 is 1.03 bits per heavy atom. The van der Waals surface area contributed by atoms with Crippen molar-refractivity contribution in [3.63, 3.8) is 0 Å². The van der Waals surface area contributed by atoms with E-state index in [9.17, 15) is 4.79 Å². The lowest BCUT2D eigenvalue weighted by molar-refractivity contribution is -0.140. The minimum Gasteiger partial charge on any atom is -0.489 e. The third kappa shape index (κ3) is 6.29. The molecule has 1 aromatic heterocycles. The molecule has 1 aliphatic heterocycles. The monoisotopic (exact) mass is 560 g/mol. The summed E-state index contributed by atoms with van der Waals surface area (Å²) in [7, 11) is 0. The van der Waals surface area contributed by atoms with E-state index in [1.165, 1.54) is 0 Å². The van der Waals surface area contributed by atoms with Crippen molar-refractivity contribution in [1.82, 2.24) is 14.8 Å². The van der Waals surface area contributed by atoms with Crippen molar-refractivity contribution in [3.05, 3.63) is 112 Å². The lowest BCUT2D eigenvalue weighted by Crippen LogP contribution is -2.29. The molecule has 3 aromatic carbocycles. The molecule has 5 rings (SSSR count). The van der Waals surface area contributed by atoms with Gasteiger partial charge in [-0.3, -0.25) is 0 Å². The van der Waals surface area contributed by atoms with E-state index in [0.29, 0.717) is 39.8 Å². The summed E-state index contributed by atoms with van der Waals surface area (Å²) in [5.74, 6) is 1.79. The zero-order valence-electron chi connectivity index (χ0n) is 21.8. The number of allylic oxidation sites excluding steroid dienone is 1. The van der Waals surface area contributed by atoms with Crippen molar-refractivity contribution in [2.24, 2.45) is 0 Å². The van der Waals surface area contributed by atoms with Gasteiger partial charge in [-0.2, -0.15) is 4.98 Å². The molecule has 1 unspecified atom stereocenters. The molecule has 2 heterocycles. The average molecular weight is 561 g/mol. The number of rotatable bonds is 10. The second-order valence-electron chi connectivity index (χ2n) is 9.09. The van der Waals surface area contributed by atoms with E-state index in [1.807, 2.05) is 85.8 Å². The molecule has 0 saturated heterocycles. The molecule has 9 heteroatoms. The number of nitrogens with zero attached hydrogens (tertiary/aromatic N) is 3. The minimum absolute atomic E-state index is 0.180. The van der Waals surface area contributed by atoms with Gasteiger partial charge in [-0.15, -0.1) is 5.10 Å². The summed E-state index contributed by atoms with van der Waals surface area (Å²) in [6, 6.07) is 24.4. The topological polar surface area (TPSA) is 78.3 Å². The fourth-order valence-electron chi connectivity index (χ4n) is 4.28. The highest BCUT2D eigenvalue weighted by Crippen LogP contribution is 2.37. The van der Waals surface area contributed by atoms with Crippen LogP contribution in [0.15, 0.2) is 95.3 Å². The summed E-state index contributed by atoms with van der Waals surface area (Å²) < 4.78 is 13.5. The molecule has 0 amide bonds. The van der Waals surface area contributed by atoms with Gasteiger partial charge in [0.2, 0.25) is 11.1 Å². The fraction of sp³-hybridized carbons (Fsp3) is 0.233. The number of esters is 1. The molecule has 1 aliphatic rings. The summed E-state index contributed by atoms with van der Waals surface area (Å²) in [5.41, 5.74) is 3.87. The number of carbonyl (C=O) groups is 1. The number of ether oxygens (including phenoxy) is 2. The van der Waals surface area contributed by atoms with Crippen LogP contribution in [0, 0.1) is 0 Å². The van der Waals surface area contributed by atoms with Crippen LogP contribution in [0.2, 0.25) is 5.02 Å². The van der Waals surface area contributed by atoms with Crippen LogP contribution in [0.4, 0.5) is 5.95 Å². The van der Waals surface area contributed by atoms with Gasteiger partial charge in [-0.1, -0.05) is 91.0 Å². The molecule has 7 nitrogen and oxygen atoms in total. The Hall–Kier alpha value is -3.75. The van der Waals surface area contributed by atoms with E-state index >= 15 is 0 Å². The number of hydrogen-bond donors (Lipinski definition) is 1. The largest absolute Gasteiger partial charge is 0.489 e. The second-order valence-corrected chi connectivity index (χ2v) is 10.6. The van der Waals surface area contributed by atoms with Crippen molar-refractivity contribution in [3.8, 4) is 5.75 Å². The highest BCUT2D eigenvalue weighted by Gasteiger charge is 2.35. The molecule has 39 heavy (non-hydrogen) atoms. The number of aromatic nitrogens is 3. The van der Waals surface area contributed by atoms with Crippen LogP contribution in [0.3, 0.4) is 0 Å². The standard InChI is InChI=1S/C30H29ClN4O3S/c1-3-17-39-30-33-29-32-20(2)26(28(36)38-18-21-9-5-4-6-10-21)27(35(29)34-30)22-13-15-24(16-14-22)37-19-23-11-7-8-12-25(23)31/h4-16,27H,3,17-19H2,1-2H3,(H,32,33,34). The average Bonchev–Trinajstić information content (AvgIpc) is 3.37. The molecule has 4 aromatic rings. The van der Waals surface area contributed by atoms with Gasteiger partial charge in [0, 0.05) is 22.0 Å². The minimum atomic E-state index is -0.509. The molecule has 0 radical (unpaired) electrons. The number of carbonyl (C=O) groups excluding carboxylic acids is 1. The van der Waals surface area contributed by atoms with E-state index in [0.717, 1.165) is 28.9 Å². The lowest BCUT2D eigenvalue weighted by atomic mass is 9.95. The molecule has 1 N–H and O–H groups in total. The first-order valence-electron chi connectivity index (χ1n) is 12.8. The summed E-state index contributed by atoms with van der Waals surface area (Å²) in [5, 5.41) is 9.34. The summed E-state index contributed by atoms with van der Waals surface area (Å²) in [4.78, 5) is 18.2. The van der Waals surface area contributed by atoms with Crippen LogP contribution in [0.5, 0.6) is 5.75 Å². The Labute approximate surface area is 237 Å². The first-order valence-corrected chi connectivity index (χ1v) is 14.1. The van der Waals surface area contributed by atoms with Crippen molar-refractivity contribution in [2.75, 3.05) is 11.1 Å². The summed E-state index contributed by atoms with van der Waals surface area (Å²) >= 11 is 7.86. The number of thioether (sulfide) groups is 1. The molecular formula is C30H29ClN4O3S. The number of halogens is 1. The first kappa shape index (κ1) is 26.8. The van der Waals surface area contributed by atoms with Crippen molar-refractivity contribution < 1.29 is 14.3 Å². The predicted molar refractivity (Wildman–Crippen MR) is 154 cm³/mol. The Balaban J connectivity index is 1.42. The van der Waals surface area contributed by atoms with Gasteiger partial charge in [0.1, 0.15) is 25.0 Å². The molecule has 1 atom stereocenters. The van der Waals surface area contributed by atoms with Gasteiger partial charge in [0.05, 0.1) is 5.57 Å². The van der Waals surface area contributed by atoms with E-state index in [4.69, 9.17) is 26.2 Å². The van der Waals surface area contributed by atoms with Gasteiger partial charge in [-0.25, -0.2) is 9.48 Å². The molecule has 0 spiro atoms.